The molecule has 17 heavy (non-hydrogen) atoms. The van der Waals surface area contributed by atoms with Crippen LogP contribution in [0, 0.1) is 11.3 Å². The monoisotopic (exact) mass is 362 g/mol. The molecule has 0 amide bonds. The molecular weight excluding hydrogens is 344 g/mol. The van der Waals surface area contributed by atoms with Crippen molar-refractivity contribution in [1.29, 1.82) is 0 Å². The van der Waals surface area contributed by atoms with Gasteiger partial charge in [0.1, 0.15) is 0 Å². The molecule has 0 radical (unpaired) electrons. The second-order valence-electron chi connectivity index (χ2n) is 5.36. The van der Waals surface area contributed by atoms with E-state index in [1.807, 2.05) is 12.1 Å². The molecular formula is C14H20Br2O. The zero-order valence-electron chi connectivity index (χ0n) is 10.7. The lowest BCUT2D eigenvalue weighted by Crippen LogP contribution is -2.26. The number of benzene rings is 1. The highest BCUT2D eigenvalue weighted by atomic mass is 79.9. The SMILES string of the molecule is CC(C)(C)C(CBr)COCc1cccc(Br)c1. The maximum Gasteiger partial charge on any atom is 0.0717 e. The van der Waals surface area contributed by atoms with E-state index in [9.17, 15) is 0 Å². The Morgan fingerprint density at radius 1 is 1.29 bits per heavy atom. The fraction of sp³-hybridized carbons (Fsp3) is 0.571. The molecule has 3 heteroatoms. The summed E-state index contributed by atoms with van der Waals surface area (Å²) >= 11 is 7.03. The fourth-order valence-electron chi connectivity index (χ4n) is 1.47. The Morgan fingerprint density at radius 2 is 2.00 bits per heavy atom. The predicted octanol–water partition coefficient (Wildman–Crippen LogP) is 5.02. The molecule has 1 aromatic rings. The van der Waals surface area contributed by atoms with Gasteiger partial charge in [-0.2, -0.15) is 0 Å². The van der Waals surface area contributed by atoms with Gasteiger partial charge in [0.15, 0.2) is 0 Å². The van der Waals surface area contributed by atoms with E-state index in [-0.39, 0.29) is 5.41 Å². The molecule has 0 aliphatic carbocycles. The van der Waals surface area contributed by atoms with E-state index < -0.39 is 0 Å². The first-order valence-electron chi connectivity index (χ1n) is 5.81. The van der Waals surface area contributed by atoms with Crippen molar-refractivity contribution in [3.8, 4) is 0 Å². The van der Waals surface area contributed by atoms with Gasteiger partial charge in [-0.1, -0.05) is 64.8 Å². The van der Waals surface area contributed by atoms with E-state index in [4.69, 9.17) is 4.74 Å². The quantitative estimate of drug-likeness (QED) is 0.667. The molecule has 0 saturated heterocycles. The summed E-state index contributed by atoms with van der Waals surface area (Å²) in [6.45, 7) is 8.23. The van der Waals surface area contributed by atoms with E-state index >= 15 is 0 Å². The molecule has 0 aromatic heterocycles. The molecule has 1 unspecified atom stereocenters. The van der Waals surface area contributed by atoms with Crippen molar-refractivity contribution in [2.24, 2.45) is 11.3 Å². The smallest absolute Gasteiger partial charge is 0.0717 e. The van der Waals surface area contributed by atoms with E-state index in [1.165, 1.54) is 5.56 Å². The lowest BCUT2D eigenvalue weighted by Gasteiger charge is -2.28. The van der Waals surface area contributed by atoms with Crippen LogP contribution in [0.4, 0.5) is 0 Å². The van der Waals surface area contributed by atoms with Crippen LogP contribution in [-0.4, -0.2) is 11.9 Å². The molecule has 0 fully saturated rings. The lowest BCUT2D eigenvalue weighted by atomic mass is 9.83. The van der Waals surface area contributed by atoms with Gasteiger partial charge in [-0.25, -0.2) is 0 Å². The molecule has 0 aliphatic rings. The van der Waals surface area contributed by atoms with E-state index in [2.05, 4.69) is 64.8 Å². The van der Waals surface area contributed by atoms with Crippen LogP contribution in [0.5, 0.6) is 0 Å². The predicted molar refractivity (Wildman–Crippen MR) is 80.5 cm³/mol. The average molecular weight is 364 g/mol. The summed E-state index contributed by atoms with van der Waals surface area (Å²) in [7, 11) is 0. The summed E-state index contributed by atoms with van der Waals surface area (Å²) in [6, 6.07) is 8.25. The van der Waals surface area contributed by atoms with Crippen molar-refractivity contribution in [2.45, 2.75) is 27.4 Å². The molecule has 96 valence electrons. The molecule has 1 atom stereocenters. The number of hydrogen-bond acceptors (Lipinski definition) is 1. The summed E-state index contributed by atoms with van der Waals surface area (Å²) in [5, 5.41) is 0.981. The van der Waals surface area contributed by atoms with Crippen LogP contribution < -0.4 is 0 Å². The number of ether oxygens (including phenoxy) is 1. The first-order chi connectivity index (χ1) is 7.93. The van der Waals surface area contributed by atoms with Crippen molar-refractivity contribution >= 4 is 31.9 Å². The van der Waals surface area contributed by atoms with E-state index in [0.29, 0.717) is 12.5 Å². The van der Waals surface area contributed by atoms with Gasteiger partial charge in [0.2, 0.25) is 0 Å². The maximum absolute atomic E-state index is 5.80. The highest BCUT2D eigenvalue weighted by Gasteiger charge is 2.23. The van der Waals surface area contributed by atoms with Crippen LogP contribution in [-0.2, 0) is 11.3 Å². The van der Waals surface area contributed by atoms with Gasteiger partial charge in [0.05, 0.1) is 13.2 Å². The fourth-order valence-corrected chi connectivity index (χ4v) is 3.08. The second kappa shape index (κ2) is 6.91. The minimum atomic E-state index is 0.279. The van der Waals surface area contributed by atoms with Crippen molar-refractivity contribution in [1.82, 2.24) is 0 Å². The molecule has 1 rings (SSSR count). The zero-order valence-corrected chi connectivity index (χ0v) is 13.8. The summed E-state index contributed by atoms with van der Waals surface area (Å²) < 4.78 is 6.91. The van der Waals surface area contributed by atoms with Gasteiger partial charge in [0.25, 0.3) is 0 Å². The molecule has 0 heterocycles. The molecule has 0 saturated carbocycles. The highest BCUT2D eigenvalue weighted by Crippen LogP contribution is 2.28. The zero-order chi connectivity index (χ0) is 12.9. The summed E-state index contributed by atoms with van der Waals surface area (Å²) in [5.74, 6) is 0.537. The number of alkyl halides is 1. The van der Waals surface area contributed by atoms with E-state index in [1.54, 1.807) is 0 Å². The van der Waals surface area contributed by atoms with Crippen LogP contribution in [0.25, 0.3) is 0 Å². The normalized spacial score (nSPS) is 13.7. The van der Waals surface area contributed by atoms with Crippen LogP contribution >= 0.6 is 31.9 Å². The van der Waals surface area contributed by atoms with Crippen LogP contribution in [0.1, 0.15) is 26.3 Å². The van der Waals surface area contributed by atoms with Crippen molar-refractivity contribution < 1.29 is 4.74 Å². The summed E-state index contributed by atoms with van der Waals surface area (Å²) in [4.78, 5) is 0. The second-order valence-corrected chi connectivity index (χ2v) is 6.93. The first-order valence-corrected chi connectivity index (χ1v) is 7.73. The highest BCUT2D eigenvalue weighted by molar-refractivity contribution is 9.10. The third-order valence-electron chi connectivity index (χ3n) is 2.89. The summed E-state index contributed by atoms with van der Waals surface area (Å²) in [6.07, 6.45) is 0. The third-order valence-corrected chi connectivity index (χ3v) is 4.16. The molecule has 1 nitrogen and oxygen atoms in total. The standard InChI is InChI=1S/C14H20Br2O/c1-14(2,3)12(8-15)10-17-9-11-5-4-6-13(16)7-11/h4-7,12H,8-10H2,1-3H3. The van der Waals surface area contributed by atoms with Crippen LogP contribution in [0.15, 0.2) is 28.7 Å². The molecule has 0 N–H and O–H groups in total. The molecule has 0 bridgehead atoms. The first kappa shape index (κ1) is 15.2. The Kier molecular flexibility index (Phi) is 6.18. The van der Waals surface area contributed by atoms with Crippen LogP contribution in [0.3, 0.4) is 0 Å². The van der Waals surface area contributed by atoms with E-state index in [0.717, 1.165) is 16.4 Å². The minimum absolute atomic E-state index is 0.279. The number of rotatable bonds is 5. The van der Waals surface area contributed by atoms with Gasteiger partial charge in [-0.05, 0) is 29.0 Å². The minimum Gasteiger partial charge on any atom is -0.376 e. The topological polar surface area (TPSA) is 9.23 Å². The molecule has 0 aliphatic heterocycles. The van der Waals surface area contributed by atoms with Gasteiger partial charge in [0, 0.05) is 9.80 Å². The maximum atomic E-state index is 5.80. The average Bonchev–Trinajstić information content (AvgIpc) is 2.22. The van der Waals surface area contributed by atoms with Crippen molar-refractivity contribution in [3.63, 3.8) is 0 Å². The molecule has 0 spiro atoms. The van der Waals surface area contributed by atoms with Gasteiger partial charge >= 0.3 is 0 Å². The third kappa shape index (κ3) is 5.54. The summed E-state index contributed by atoms with van der Waals surface area (Å²) in [5.41, 5.74) is 1.49. The Bertz CT molecular complexity index is 344. The number of halogens is 2. The van der Waals surface area contributed by atoms with Gasteiger partial charge in [-0.15, -0.1) is 0 Å². The lowest BCUT2D eigenvalue weighted by molar-refractivity contribution is 0.0564. The van der Waals surface area contributed by atoms with Gasteiger partial charge in [-0.3, -0.25) is 0 Å². The van der Waals surface area contributed by atoms with Gasteiger partial charge < -0.3 is 4.74 Å². The Balaban J connectivity index is 2.42. The molecule has 1 aromatic carbocycles. The Morgan fingerprint density at radius 3 is 2.53 bits per heavy atom. The van der Waals surface area contributed by atoms with Crippen LogP contribution in [0.2, 0.25) is 0 Å². The Hall–Kier alpha value is 0.140. The Labute approximate surface area is 121 Å². The van der Waals surface area contributed by atoms with Crippen molar-refractivity contribution in [2.75, 3.05) is 11.9 Å². The number of hydrogen-bond donors (Lipinski definition) is 0. The largest absolute Gasteiger partial charge is 0.376 e. The van der Waals surface area contributed by atoms with Crippen molar-refractivity contribution in [3.05, 3.63) is 34.3 Å².